The van der Waals surface area contributed by atoms with E-state index in [1.54, 1.807) is 6.07 Å². The Morgan fingerprint density at radius 2 is 2.06 bits per heavy atom. The van der Waals surface area contributed by atoms with Gasteiger partial charge in [-0.3, -0.25) is 0 Å². The molecule has 0 bridgehead atoms. The van der Waals surface area contributed by atoms with Crippen LogP contribution in [0, 0.1) is 12.7 Å². The van der Waals surface area contributed by atoms with Gasteiger partial charge in [0.1, 0.15) is 5.82 Å². The summed E-state index contributed by atoms with van der Waals surface area (Å²) < 4.78 is 37.0. The van der Waals surface area contributed by atoms with Crippen LogP contribution in [0.2, 0.25) is 0 Å². The molecule has 2 atom stereocenters. The van der Waals surface area contributed by atoms with E-state index in [1.165, 1.54) is 12.3 Å². The molecule has 3 nitrogen and oxygen atoms in total. The summed E-state index contributed by atoms with van der Waals surface area (Å²) in [5.41, 5.74) is 1.24. The summed E-state index contributed by atoms with van der Waals surface area (Å²) in [6.07, 6.45) is 3.54. The van der Waals surface area contributed by atoms with Crippen LogP contribution in [-0.4, -0.2) is 26.0 Å². The van der Waals surface area contributed by atoms with Gasteiger partial charge in [0.15, 0.2) is 9.84 Å². The lowest BCUT2D eigenvalue weighted by Gasteiger charge is -2.21. The second-order valence-electron chi connectivity index (χ2n) is 5.03. The van der Waals surface area contributed by atoms with E-state index >= 15 is 0 Å². The lowest BCUT2D eigenvalue weighted by molar-refractivity contribution is 0.577. The Morgan fingerprint density at radius 1 is 1.33 bits per heavy atom. The summed E-state index contributed by atoms with van der Waals surface area (Å²) in [7, 11) is -3.08. The van der Waals surface area contributed by atoms with Crippen LogP contribution in [0.3, 0.4) is 0 Å². The summed E-state index contributed by atoms with van der Waals surface area (Å²) >= 11 is 0. The zero-order valence-corrected chi connectivity index (χ0v) is 11.4. The van der Waals surface area contributed by atoms with Gasteiger partial charge >= 0.3 is 0 Å². The van der Waals surface area contributed by atoms with Gasteiger partial charge in [0, 0.05) is 12.3 Å². The van der Waals surface area contributed by atoms with Crippen LogP contribution in [0.15, 0.2) is 18.2 Å². The van der Waals surface area contributed by atoms with Gasteiger partial charge in [-0.05, 0) is 43.9 Å². The molecule has 18 heavy (non-hydrogen) atoms. The molecular formula is C13H18FNO2S. The lowest BCUT2D eigenvalue weighted by atomic mass is 10.2. The number of hydrogen-bond acceptors (Lipinski definition) is 3. The molecule has 0 amide bonds. The van der Waals surface area contributed by atoms with Gasteiger partial charge < -0.3 is 5.32 Å². The van der Waals surface area contributed by atoms with E-state index in [0.717, 1.165) is 18.4 Å². The predicted molar refractivity (Wildman–Crippen MR) is 71.0 cm³/mol. The molecule has 0 aromatic heterocycles. The SMILES string of the molecule is Cc1ccc(NC2CCCC2S(C)(=O)=O)c(F)c1. The summed E-state index contributed by atoms with van der Waals surface area (Å²) in [6.45, 7) is 1.82. The van der Waals surface area contributed by atoms with E-state index in [4.69, 9.17) is 0 Å². The van der Waals surface area contributed by atoms with Crippen LogP contribution in [-0.2, 0) is 9.84 Å². The molecule has 1 aliphatic rings. The second-order valence-corrected chi connectivity index (χ2v) is 7.30. The minimum Gasteiger partial charge on any atom is -0.379 e. The third-order valence-corrected chi connectivity index (χ3v) is 5.13. The number of nitrogens with one attached hydrogen (secondary N) is 1. The lowest BCUT2D eigenvalue weighted by Crippen LogP contribution is -2.34. The number of aryl methyl sites for hydroxylation is 1. The average Bonchev–Trinajstić information content (AvgIpc) is 2.70. The monoisotopic (exact) mass is 271 g/mol. The standard InChI is InChI=1S/C13H18FNO2S/c1-9-6-7-11(10(14)8-9)15-12-4-3-5-13(12)18(2,16)17/h6-8,12-13,15H,3-5H2,1-2H3. The molecule has 2 rings (SSSR count). The largest absolute Gasteiger partial charge is 0.379 e. The average molecular weight is 271 g/mol. The molecule has 0 spiro atoms. The smallest absolute Gasteiger partial charge is 0.152 e. The van der Waals surface area contributed by atoms with Gasteiger partial charge in [0.25, 0.3) is 0 Å². The van der Waals surface area contributed by atoms with E-state index < -0.39 is 15.1 Å². The molecule has 0 heterocycles. The van der Waals surface area contributed by atoms with Crippen LogP contribution in [0.4, 0.5) is 10.1 Å². The van der Waals surface area contributed by atoms with Crippen molar-refractivity contribution in [2.75, 3.05) is 11.6 Å². The summed E-state index contributed by atoms with van der Waals surface area (Å²) in [5.74, 6) is -0.325. The Balaban J connectivity index is 2.18. The quantitative estimate of drug-likeness (QED) is 0.919. The van der Waals surface area contributed by atoms with Gasteiger partial charge in [0.2, 0.25) is 0 Å². The molecule has 5 heteroatoms. The maximum atomic E-state index is 13.7. The molecule has 0 aliphatic heterocycles. The number of rotatable bonds is 3. The fourth-order valence-corrected chi connectivity index (χ4v) is 3.94. The van der Waals surface area contributed by atoms with Crippen LogP contribution in [0.25, 0.3) is 0 Å². The first kappa shape index (κ1) is 13.3. The van der Waals surface area contributed by atoms with Crippen LogP contribution in [0.5, 0.6) is 0 Å². The molecule has 1 aromatic carbocycles. The maximum Gasteiger partial charge on any atom is 0.152 e. The summed E-state index contributed by atoms with van der Waals surface area (Å²) in [6, 6.07) is 4.75. The van der Waals surface area contributed by atoms with Crippen molar-refractivity contribution in [3.05, 3.63) is 29.6 Å². The number of anilines is 1. The van der Waals surface area contributed by atoms with Gasteiger partial charge in [-0.15, -0.1) is 0 Å². The first-order valence-corrected chi connectivity index (χ1v) is 8.05. The molecule has 0 saturated heterocycles. The predicted octanol–water partition coefficient (Wildman–Crippen LogP) is 2.51. The Bertz CT molecular complexity index is 542. The normalized spacial score (nSPS) is 24.2. The molecule has 1 aliphatic carbocycles. The molecule has 0 radical (unpaired) electrons. The van der Waals surface area contributed by atoms with Crippen LogP contribution in [0.1, 0.15) is 24.8 Å². The Labute approximate surface area is 107 Å². The number of sulfone groups is 1. The molecule has 1 aromatic rings. The number of halogens is 1. The van der Waals surface area contributed by atoms with Crippen molar-refractivity contribution >= 4 is 15.5 Å². The van der Waals surface area contributed by atoms with E-state index in [-0.39, 0.29) is 11.9 Å². The molecule has 2 unspecified atom stereocenters. The molecule has 1 fully saturated rings. The first-order chi connectivity index (χ1) is 8.38. The van der Waals surface area contributed by atoms with Crippen LogP contribution >= 0.6 is 0 Å². The van der Waals surface area contributed by atoms with Crippen molar-refractivity contribution in [2.24, 2.45) is 0 Å². The fraction of sp³-hybridized carbons (Fsp3) is 0.538. The zero-order chi connectivity index (χ0) is 13.3. The molecule has 1 N–H and O–H groups in total. The van der Waals surface area contributed by atoms with Crippen molar-refractivity contribution in [1.29, 1.82) is 0 Å². The zero-order valence-electron chi connectivity index (χ0n) is 10.6. The second kappa shape index (κ2) is 4.88. The van der Waals surface area contributed by atoms with E-state index in [2.05, 4.69) is 5.32 Å². The van der Waals surface area contributed by atoms with Crippen molar-refractivity contribution < 1.29 is 12.8 Å². The minimum absolute atomic E-state index is 0.183. The van der Waals surface area contributed by atoms with Crippen molar-refractivity contribution in [3.8, 4) is 0 Å². The first-order valence-electron chi connectivity index (χ1n) is 6.09. The maximum absolute atomic E-state index is 13.7. The fourth-order valence-electron chi connectivity index (χ4n) is 2.54. The molecular weight excluding hydrogens is 253 g/mol. The van der Waals surface area contributed by atoms with Gasteiger partial charge in [0.05, 0.1) is 10.9 Å². The topological polar surface area (TPSA) is 46.2 Å². The highest BCUT2D eigenvalue weighted by atomic mass is 32.2. The van der Waals surface area contributed by atoms with Crippen molar-refractivity contribution in [1.82, 2.24) is 0 Å². The Morgan fingerprint density at radius 3 is 2.67 bits per heavy atom. The number of hydrogen-bond donors (Lipinski definition) is 1. The Kier molecular flexibility index (Phi) is 3.61. The molecule has 100 valence electrons. The summed E-state index contributed by atoms with van der Waals surface area (Å²) in [4.78, 5) is 0. The van der Waals surface area contributed by atoms with Gasteiger partial charge in [-0.1, -0.05) is 6.07 Å². The van der Waals surface area contributed by atoms with E-state index in [9.17, 15) is 12.8 Å². The highest BCUT2D eigenvalue weighted by Crippen LogP contribution is 2.29. The van der Waals surface area contributed by atoms with E-state index in [0.29, 0.717) is 12.1 Å². The third-order valence-electron chi connectivity index (χ3n) is 3.47. The minimum atomic E-state index is -3.08. The van der Waals surface area contributed by atoms with Gasteiger partial charge in [-0.2, -0.15) is 0 Å². The van der Waals surface area contributed by atoms with Gasteiger partial charge in [-0.25, -0.2) is 12.8 Å². The molecule has 1 saturated carbocycles. The van der Waals surface area contributed by atoms with Crippen molar-refractivity contribution in [3.63, 3.8) is 0 Å². The van der Waals surface area contributed by atoms with Crippen molar-refractivity contribution in [2.45, 2.75) is 37.5 Å². The third kappa shape index (κ3) is 2.83. The summed E-state index contributed by atoms with van der Waals surface area (Å²) in [5, 5.41) is 2.63. The van der Waals surface area contributed by atoms with Crippen LogP contribution < -0.4 is 5.32 Å². The van der Waals surface area contributed by atoms with E-state index in [1.807, 2.05) is 13.0 Å². The number of benzene rings is 1. The highest BCUT2D eigenvalue weighted by molar-refractivity contribution is 7.91. The Hall–Kier alpha value is -1.10. The highest BCUT2D eigenvalue weighted by Gasteiger charge is 2.34.